The summed E-state index contributed by atoms with van der Waals surface area (Å²) in [6.45, 7) is 2.35. The largest absolute Gasteiger partial charge is 0.456 e. The van der Waals surface area contributed by atoms with E-state index in [4.69, 9.17) is 4.74 Å². The maximum Gasteiger partial charge on any atom is 0.306 e. The van der Waals surface area contributed by atoms with Crippen LogP contribution in [0.2, 0.25) is 0 Å². The average Bonchev–Trinajstić information content (AvgIpc) is 3.53. The second-order valence-corrected chi connectivity index (χ2v) is 8.97. The molecule has 0 saturated heterocycles. The van der Waals surface area contributed by atoms with Gasteiger partial charge in [0.15, 0.2) is 6.61 Å². The Morgan fingerprint density at radius 1 is 1.22 bits per heavy atom. The number of aromatic amines is 1. The van der Waals surface area contributed by atoms with Crippen LogP contribution in [0.15, 0.2) is 54.0 Å². The maximum atomic E-state index is 12.7. The molecule has 1 aliphatic heterocycles. The highest BCUT2D eigenvalue weighted by atomic mass is 32.1. The summed E-state index contributed by atoms with van der Waals surface area (Å²) >= 11 is 1.62. The van der Waals surface area contributed by atoms with Crippen molar-refractivity contribution in [3.05, 3.63) is 70.2 Å². The molecular weight excluding hydrogens is 422 g/mol. The summed E-state index contributed by atoms with van der Waals surface area (Å²) in [4.78, 5) is 34.4. The lowest BCUT2D eigenvalue weighted by Gasteiger charge is -2.17. The molecule has 3 heterocycles. The van der Waals surface area contributed by atoms with E-state index in [2.05, 4.69) is 16.0 Å². The number of thiazole rings is 1. The van der Waals surface area contributed by atoms with E-state index in [0.29, 0.717) is 13.0 Å². The molecule has 0 aliphatic carbocycles. The normalized spacial score (nSPS) is 12.8. The van der Waals surface area contributed by atoms with Gasteiger partial charge in [-0.3, -0.25) is 9.59 Å². The Morgan fingerprint density at radius 2 is 2.09 bits per heavy atom. The number of rotatable bonds is 6. The molecule has 0 atom stereocenters. The summed E-state index contributed by atoms with van der Waals surface area (Å²) in [6.07, 6.45) is 3.52. The van der Waals surface area contributed by atoms with Crippen molar-refractivity contribution in [1.29, 1.82) is 0 Å². The number of carbonyl (C=O) groups excluding carboxylic acids is 2. The molecule has 32 heavy (non-hydrogen) atoms. The number of fused-ring (bicyclic) bond motifs is 2. The van der Waals surface area contributed by atoms with Crippen LogP contribution >= 0.6 is 11.3 Å². The summed E-state index contributed by atoms with van der Waals surface area (Å²) in [5.74, 6) is -0.557. The van der Waals surface area contributed by atoms with Crippen molar-refractivity contribution >= 4 is 39.8 Å². The van der Waals surface area contributed by atoms with Crippen LogP contribution in [0.5, 0.6) is 0 Å². The van der Waals surface area contributed by atoms with Gasteiger partial charge in [-0.15, -0.1) is 11.3 Å². The van der Waals surface area contributed by atoms with Crippen LogP contribution in [0.1, 0.15) is 22.6 Å². The molecule has 0 bridgehead atoms. The molecule has 6 nitrogen and oxygen atoms in total. The number of anilines is 1. The van der Waals surface area contributed by atoms with Crippen LogP contribution in [0.4, 0.5) is 5.69 Å². The lowest BCUT2D eigenvalue weighted by Crippen LogP contribution is -2.33. The van der Waals surface area contributed by atoms with Gasteiger partial charge in [-0.05, 0) is 49.1 Å². The number of H-pyrrole nitrogens is 1. The van der Waals surface area contributed by atoms with Crippen molar-refractivity contribution in [2.24, 2.45) is 0 Å². The number of nitrogens with one attached hydrogen (secondary N) is 1. The zero-order valence-electron chi connectivity index (χ0n) is 17.8. The Kier molecular flexibility index (Phi) is 5.49. The van der Waals surface area contributed by atoms with Crippen molar-refractivity contribution in [2.45, 2.75) is 26.2 Å². The Balaban J connectivity index is 1.17. The molecule has 1 N–H and O–H groups in total. The van der Waals surface area contributed by atoms with E-state index in [1.807, 2.05) is 54.9 Å². The number of aromatic nitrogens is 2. The van der Waals surface area contributed by atoms with Gasteiger partial charge in [0.2, 0.25) is 0 Å². The number of para-hydroxylation sites is 1. The minimum Gasteiger partial charge on any atom is -0.456 e. The first-order valence-corrected chi connectivity index (χ1v) is 11.5. The quantitative estimate of drug-likeness (QED) is 0.438. The first kappa shape index (κ1) is 20.5. The van der Waals surface area contributed by atoms with Crippen LogP contribution in [-0.2, 0) is 27.2 Å². The van der Waals surface area contributed by atoms with Gasteiger partial charge in [0.05, 0.1) is 10.7 Å². The minimum absolute atomic E-state index is 0.193. The number of aryl methyl sites for hydroxylation is 2. The van der Waals surface area contributed by atoms with Gasteiger partial charge in [-0.2, -0.15) is 0 Å². The van der Waals surface area contributed by atoms with E-state index in [-0.39, 0.29) is 24.9 Å². The van der Waals surface area contributed by atoms with Gasteiger partial charge < -0.3 is 14.6 Å². The van der Waals surface area contributed by atoms with Gasteiger partial charge in [0, 0.05) is 46.7 Å². The molecule has 0 saturated carbocycles. The SMILES string of the molecule is Cc1nc(-c2ccc3c(c2)CCN3C(=O)COC(=O)CCc2c[nH]c3ccccc23)cs1. The molecule has 162 valence electrons. The Labute approximate surface area is 189 Å². The topological polar surface area (TPSA) is 75.3 Å². The fourth-order valence-corrected chi connectivity index (χ4v) is 4.81. The summed E-state index contributed by atoms with van der Waals surface area (Å²) in [5, 5.41) is 4.19. The summed E-state index contributed by atoms with van der Waals surface area (Å²) in [7, 11) is 0. The molecule has 5 rings (SSSR count). The van der Waals surface area contributed by atoms with Crippen molar-refractivity contribution in [3.8, 4) is 11.3 Å². The molecule has 2 aromatic heterocycles. The smallest absolute Gasteiger partial charge is 0.306 e. The molecule has 0 spiro atoms. The van der Waals surface area contributed by atoms with E-state index < -0.39 is 0 Å². The van der Waals surface area contributed by atoms with E-state index in [1.54, 1.807) is 16.2 Å². The number of benzene rings is 2. The van der Waals surface area contributed by atoms with E-state index in [9.17, 15) is 9.59 Å². The van der Waals surface area contributed by atoms with Crippen molar-refractivity contribution in [3.63, 3.8) is 0 Å². The monoisotopic (exact) mass is 445 g/mol. The predicted octanol–water partition coefficient (Wildman–Crippen LogP) is 4.66. The molecule has 1 amide bonds. The van der Waals surface area contributed by atoms with E-state index in [0.717, 1.165) is 50.4 Å². The molecule has 2 aromatic carbocycles. The number of esters is 1. The Bertz CT molecular complexity index is 1310. The van der Waals surface area contributed by atoms with E-state index in [1.165, 1.54) is 0 Å². The average molecular weight is 446 g/mol. The highest BCUT2D eigenvalue weighted by Crippen LogP contribution is 2.32. The maximum absolute atomic E-state index is 12.7. The van der Waals surface area contributed by atoms with Gasteiger partial charge in [-0.1, -0.05) is 24.3 Å². The second-order valence-electron chi connectivity index (χ2n) is 7.91. The summed E-state index contributed by atoms with van der Waals surface area (Å²) in [6, 6.07) is 14.0. The van der Waals surface area contributed by atoms with Crippen LogP contribution in [0.25, 0.3) is 22.2 Å². The standard InChI is InChI=1S/C25H23N3O3S/c1-16-27-22(15-32-16)17-6-8-23-18(12-17)10-11-28(23)24(29)14-31-25(30)9-7-19-13-26-21-5-3-2-4-20(19)21/h2-6,8,12-13,15,26H,7,9-11,14H2,1H3. The highest BCUT2D eigenvalue weighted by molar-refractivity contribution is 7.09. The van der Waals surface area contributed by atoms with Crippen molar-refractivity contribution in [2.75, 3.05) is 18.1 Å². The molecule has 1 aliphatic rings. The molecule has 0 radical (unpaired) electrons. The lowest BCUT2D eigenvalue weighted by atomic mass is 10.1. The number of hydrogen-bond acceptors (Lipinski definition) is 5. The Morgan fingerprint density at radius 3 is 2.94 bits per heavy atom. The molecule has 0 fully saturated rings. The van der Waals surface area contributed by atoms with Gasteiger partial charge >= 0.3 is 5.97 Å². The fourth-order valence-electron chi connectivity index (χ4n) is 4.18. The number of amides is 1. The van der Waals surface area contributed by atoms with Crippen LogP contribution in [-0.4, -0.2) is 35.0 Å². The number of nitrogens with zero attached hydrogens (tertiary/aromatic N) is 2. The molecular formula is C25H23N3O3S. The minimum atomic E-state index is -0.364. The van der Waals surface area contributed by atoms with Gasteiger partial charge in [0.25, 0.3) is 5.91 Å². The summed E-state index contributed by atoms with van der Waals surface area (Å²) < 4.78 is 5.29. The first-order chi connectivity index (χ1) is 15.6. The molecule has 0 unspecified atom stereocenters. The zero-order valence-corrected chi connectivity index (χ0v) is 18.6. The second kappa shape index (κ2) is 8.59. The third-order valence-electron chi connectivity index (χ3n) is 5.82. The molecule has 7 heteroatoms. The predicted molar refractivity (Wildman–Crippen MR) is 126 cm³/mol. The van der Waals surface area contributed by atoms with Gasteiger partial charge in [-0.25, -0.2) is 4.98 Å². The number of hydrogen-bond donors (Lipinski definition) is 1. The van der Waals surface area contributed by atoms with Crippen LogP contribution in [0, 0.1) is 6.92 Å². The van der Waals surface area contributed by atoms with Crippen LogP contribution < -0.4 is 4.90 Å². The third-order valence-corrected chi connectivity index (χ3v) is 6.59. The lowest BCUT2D eigenvalue weighted by molar-refractivity contribution is -0.147. The zero-order chi connectivity index (χ0) is 22.1. The van der Waals surface area contributed by atoms with Crippen molar-refractivity contribution < 1.29 is 14.3 Å². The molecule has 4 aromatic rings. The Hall–Kier alpha value is -3.45. The number of carbonyl (C=O) groups is 2. The fraction of sp³-hybridized carbons (Fsp3) is 0.240. The van der Waals surface area contributed by atoms with Crippen molar-refractivity contribution in [1.82, 2.24) is 9.97 Å². The van der Waals surface area contributed by atoms with E-state index >= 15 is 0 Å². The number of ether oxygens (including phenoxy) is 1. The highest BCUT2D eigenvalue weighted by Gasteiger charge is 2.26. The van der Waals surface area contributed by atoms with Gasteiger partial charge in [0.1, 0.15) is 0 Å². The third kappa shape index (κ3) is 4.03. The summed E-state index contributed by atoms with van der Waals surface area (Å²) in [5.41, 5.74) is 6.15. The first-order valence-electron chi connectivity index (χ1n) is 10.6. The van der Waals surface area contributed by atoms with Crippen LogP contribution in [0.3, 0.4) is 0 Å².